The van der Waals surface area contributed by atoms with Crippen LogP contribution in [0.1, 0.15) is 20.9 Å². The van der Waals surface area contributed by atoms with E-state index in [1.54, 1.807) is 25.9 Å². The first-order valence-corrected chi connectivity index (χ1v) is 7.16. The number of halogens is 2. The van der Waals surface area contributed by atoms with Gasteiger partial charge in [-0.15, -0.1) is 11.3 Å². The number of rotatable bonds is 3. The van der Waals surface area contributed by atoms with Crippen LogP contribution in [0.5, 0.6) is 0 Å². The summed E-state index contributed by atoms with van der Waals surface area (Å²) < 4.78 is 2.21. The molecule has 1 amide bonds. The van der Waals surface area contributed by atoms with Crippen LogP contribution in [0.2, 0.25) is 9.49 Å². The van der Waals surface area contributed by atoms with E-state index in [4.69, 9.17) is 23.2 Å². The highest BCUT2D eigenvalue weighted by Crippen LogP contribution is 2.24. The van der Waals surface area contributed by atoms with E-state index in [2.05, 4.69) is 5.10 Å². The van der Waals surface area contributed by atoms with Crippen molar-refractivity contribution in [3.63, 3.8) is 0 Å². The first kappa shape index (κ1) is 14.4. The number of aryl methyl sites for hydroxylation is 2. The molecule has 0 aliphatic rings. The lowest BCUT2D eigenvalue weighted by molar-refractivity contribution is 0.0786. The van der Waals surface area contributed by atoms with Crippen LogP contribution in [0.3, 0.4) is 0 Å². The van der Waals surface area contributed by atoms with Crippen LogP contribution in [-0.2, 0) is 13.6 Å². The molecule has 0 saturated carbocycles. The van der Waals surface area contributed by atoms with Crippen molar-refractivity contribution in [1.29, 1.82) is 0 Å². The molecule has 0 spiro atoms. The molecule has 2 aromatic rings. The van der Waals surface area contributed by atoms with Crippen LogP contribution in [0.4, 0.5) is 0 Å². The summed E-state index contributed by atoms with van der Waals surface area (Å²) >= 11 is 13.4. The van der Waals surface area contributed by atoms with Gasteiger partial charge in [0.15, 0.2) is 0 Å². The third-order valence-electron chi connectivity index (χ3n) is 2.73. The quantitative estimate of drug-likeness (QED) is 0.870. The average molecular weight is 318 g/mol. The van der Waals surface area contributed by atoms with E-state index in [0.717, 1.165) is 4.88 Å². The third kappa shape index (κ3) is 2.94. The molecule has 19 heavy (non-hydrogen) atoms. The van der Waals surface area contributed by atoms with E-state index in [0.29, 0.717) is 27.3 Å². The maximum absolute atomic E-state index is 12.4. The van der Waals surface area contributed by atoms with Crippen molar-refractivity contribution in [2.24, 2.45) is 7.05 Å². The van der Waals surface area contributed by atoms with Crippen LogP contribution in [0.15, 0.2) is 12.1 Å². The molecule has 0 unspecified atom stereocenters. The first-order chi connectivity index (χ1) is 8.90. The fourth-order valence-electron chi connectivity index (χ4n) is 1.81. The Morgan fingerprint density at radius 2 is 2.16 bits per heavy atom. The molecule has 102 valence electrons. The Labute approximate surface area is 125 Å². The van der Waals surface area contributed by atoms with E-state index < -0.39 is 0 Å². The van der Waals surface area contributed by atoms with Gasteiger partial charge < -0.3 is 4.90 Å². The Hall–Kier alpha value is -1.04. The van der Waals surface area contributed by atoms with Gasteiger partial charge in [-0.1, -0.05) is 23.2 Å². The molecule has 0 aliphatic heterocycles. The van der Waals surface area contributed by atoms with Crippen molar-refractivity contribution in [2.75, 3.05) is 7.05 Å². The minimum Gasteiger partial charge on any atom is -0.336 e. The number of thiophene rings is 1. The van der Waals surface area contributed by atoms with Crippen LogP contribution in [-0.4, -0.2) is 27.6 Å². The highest BCUT2D eigenvalue weighted by Gasteiger charge is 2.22. The van der Waals surface area contributed by atoms with Crippen molar-refractivity contribution in [1.82, 2.24) is 14.7 Å². The van der Waals surface area contributed by atoms with Gasteiger partial charge in [0.2, 0.25) is 0 Å². The minimum absolute atomic E-state index is 0.139. The molecule has 2 aromatic heterocycles. The Kier molecular flexibility index (Phi) is 4.18. The van der Waals surface area contributed by atoms with Crippen LogP contribution < -0.4 is 0 Å². The van der Waals surface area contributed by atoms with Gasteiger partial charge in [-0.25, -0.2) is 0 Å². The second-order valence-electron chi connectivity index (χ2n) is 4.24. The zero-order valence-electron chi connectivity index (χ0n) is 10.8. The zero-order chi connectivity index (χ0) is 14.2. The summed E-state index contributed by atoms with van der Waals surface area (Å²) in [5, 5.41) is 4.50. The summed E-state index contributed by atoms with van der Waals surface area (Å²) in [5.41, 5.74) is 1.09. The molecular formula is C12H13Cl2N3OS. The summed E-state index contributed by atoms with van der Waals surface area (Å²) in [6, 6.07) is 3.73. The lowest BCUT2D eigenvalue weighted by atomic mass is 10.2. The molecule has 0 aliphatic carbocycles. The highest BCUT2D eigenvalue weighted by atomic mass is 35.5. The molecular weight excluding hydrogens is 305 g/mol. The van der Waals surface area contributed by atoms with Crippen molar-refractivity contribution >= 4 is 40.4 Å². The van der Waals surface area contributed by atoms with Gasteiger partial charge in [-0.2, -0.15) is 5.10 Å². The monoisotopic (exact) mass is 317 g/mol. The predicted octanol–water partition coefficient (Wildman–Crippen LogP) is 3.37. The van der Waals surface area contributed by atoms with Gasteiger partial charge in [-0.3, -0.25) is 9.48 Å². The number of hydrogen-bond donors (Lipinski definition) is 0. The number of amides is 1. The zero-order valence-corrected chi connectivity index (χ0v) is 13.1. The average Bonchev–Trinajstić information content (AvgIpc) is 2.84. The van der Waals surface area contributed by atoms with E-state index in [-0.39, 0.29) is 5.91 Å². The topological polar surface area (TPSA) is 38.1 Å². The predicted molar refractivity (Wildman–Crippen MR) is 78.1 cm³/mol. The van der Waals surface area contributed by atoms with Crippen molar-refractivity contribution < 1.29 is 4.79 Å². The van der Waals surface area contributed by atoms with Crippen LogP contribution in [0.25, 0.3) is 0 Å². The molecule has 7 heteroatoms. The van der Waals surface area contributed by atoms with E-state index in [9.17, 15) is 4.79 Å². The molecule has 2 rings (SSSR count). The molecule has 0 aromatic carbocycles. The van der Waals surface area contributed by atoms with Gasteiger partial charge in [0, 0.05) is 19.0 Å². The molecule has 0 fully saturated rings. The van der Waals surface area contributed by atoms with Crippen LogP contribution in [0, 0.1) is 6.92 Å². The summed E-state index contributed by atoms with van der Waals surface area (Å²) in [6.07, 6.45) is 0. The smallest absolute Gasteiger partial charge is 0.258 e. The molecule has 4 nitrogen and oxygen atoms in total. The first-order valence-electron chi connectivity index (χ1n) is 5.59. The number of carbonyl (C=O) groups excluding carboxylic acids is 1. The number of nitrogens with zero attached hydrogens (tertiary/aromatic N) is 3. The van der Waals surface area contributed by atoms with Crippen LogP contribution >= 0.6 is 34.5 Å². The van der Waals surface area contributed by atoms with Crippen molar-refractivity contribution in [3.8, 4) is 0 Å². The number of carbonyl (C=O) groups is 1. The fourth-order valence-corrected chi connectivity index (χ4v) is 3.20. The second-order valence-corrected chi connectivity index (χ2v) is 6.40. The van der Waals surface area contributed by atoms with Gasteiger partial charge in [0.05, 0.1) is 22.1 Å². The standard InChI is InChI=1S/C12H13Cl2N3OS/c1-7-10(11(14)17(3)15-7)12(18)16(2)6-8-4-5-9(13)19-8/h4-5H,6H2,1-3H3. The Bertz CT molecular complexity index is 621. The third-order valence-corrected chi connectivity index (χ3v) is 4.38. The van der Waals surface area contributed by atoms with E-state index in [1.165, 1.54) is 16.0 Å². The number of aromatic nitrogens is 2. The minimum atomic E-state index is -0.139. The summed E-state index contributed by atoms with van der Waals surface area (Å²) in [5.74, 6) is -0.139. The van der Waals surface area contributed by atoms with Gasteiger partial charge in [-0.05, 0) is 19.1 Å². The largest absolute Gasteiger partial charge is 0.336 e. The lowest BCUT2D eigenvalue weighted by Crippen LogP contribution is -2.26. The summed E-state index contributed by atoms with van der Waals surface area (Å²) in [4.78, 5) is 15.0. The maximum atomic E-state index is 12.4. The Morgan fingerprint density at radius 3 is 2.63 bits per heavy atom. The Balaban J connectivity index is 2.19. The maximum Gasteiger partial charge on any atom is 0.258 e. The normalized spacial score (nSPS) is 10.8. The van der Waals surface area contributed by atoms with Gasteiger partial charge in [0.1, 0.15) is 5.15 Å². The van der Waals surface area contributed by atoms with Crippen molar-refractivity contribution in [3.05, 3.63) is 37.8 Å². The lowest BCUT2D eigenvalue weighted by Gasteiger charge is -2.16. The molecule has 0 saturated heterocycles. The molecule has 0 radical (unpaired) electrons. The molecule has 2 heterocycles. The van der Waals surface area contributed by atoms with E-state index >= 15 is 0 Å². The Morgan fingerprint density at radius 1 is 1.47 bits per heavy atom. The fraction of sp³-hybridized carbons (Fsp3) is 0.333. The summed E-state index contributed by atoms with van der Waals surface area (Å²) in [6.45, 7) is 2.27. The van der Waals surface area contributed by atoms with Gasteiger partial charge in [0.25, 0.3) is 5.91 Å². The summed E-state index contributed by atoms with van der Waals surface area (Å²) in [7, 11) is 3.45. The second kappa shape index (κ2) is 5.53. The highest BCUT2D eigenvalue weighted by molar-refractivity contribution is 7.16. The molecule has 0 atom stereocenters. The van der Waals surface area contributed by atoms with E-state index in [1.807, 2.05) is 12.1 Å². The number of hydrogen-bond acceptors (Lipinski definition) is 3. The van der Waals surface area contributed by atoms with Gasteiger partial charge >= 0.3 is 0 Å². The SMILES string of the molecule is Cc1nn(C)c(Cl)c1C(=O)N(C)Cc1ccc(Cl)s1. The van der Waals surface area contributed by atoms with Crippen molar-refractivity contribution in [2.45, 2.75) is 13.5 Å². The molecule has 0 bridgehead atoms. The molecule has 0 N–H and O–H groups in total.